The summed E-state index contributed by atoms with van der Waals surface area (Å²) in [5.74, 6) is -0.442. The fourth-order valence-corrected chi connectivity index (χ4v) is 4.28. The van der Waals surface area contributed by atoms with Gasteiger partial charge in [0, 0.05) is 34.2 Å². The predicted molar refractivity (Wildman–Crippen MR) is 133 cm³/mol. The van der Waals surface area contributed by atoms with Gasteiger partial charge in [0.25, 0.3) is 0 Å². The SMILES string of the molecule is O=C(N[C@@H](CC(=O)c1ccc2c(c1)C(=O)c1ccccc1C2=O)c1ccccc1)Oc1ccccc1. The van der Waals surface area contributed by atoms with Crippen LogP contribution in [0.5, 0.6) is 5.75 Å². The minimum Gasteiger partial charge on any atom is -0.410 e. The van der Waals surface area contributed by atoms with Crippen molar-refractivity contribution in [2.24, 2.45) is 0 Å². The van der Waals surface area contributed by atoms with E-state index in [9.17, 15) is 19.2 Å². The minimum atomic E-state index is -0.689. The van der Waals surface area contributed by atoms with Crippen LogP contribution in [0.15, 0.2) is 103 Å². The molecule has 176 valence electrons. The van der Waals surface area contributed by atoms with Gasteiger partial charge < -0.3 is 10.1 Å². The van der Waals surface area contributed by atoms with Crippen LogP contribution >= 0.6 is 0 Å². The van der Waals surface area contributed by atoms with Crippen molar-refractivity contribution in [3.05, 3.63) is 137 Å². The molecule has 0 fully saturated rings. The second-order valence-corrected chi connectivity index (χ2v) is 8.40. The average molecular weight is 476 g/mol. The Kier molecular flexibility index (Phi) is 6.24. The number of para-hydroxylation sites is 1. The molecule has 1 aliphatic carbocycles. The average Bonchev–Trinajstić information content (AvgIpc) is 2.92. The molecular weight excluding hydrogens is 454 g/mol. The molecule has 1 amide bonds. The molecule has 4 aromatic carbocycles. The summed E-state index contributed by atoms with van der Waals surface area (Å²) in [5, 5.41) is 2.77. The molecule has 1 atom stereocenters. The summed E-state index contributed by atoms with van der Waals surface area (Å²) in [4.78, 5) is 51.8. The number of ether oxygens (including phenoxy) is 1. The zero-order valence-electron chi connectivity index (χ0n) is 19.1. The summed E-state index contributed by atoms with van der Waals surface area (Å²) in [6.07, 6.45) is -0.753. The van der Waals surface area contributed by atoms with Gasteiger partial charge in [-0.05, 0) is 29.8 Å². The molecule has 0 saturated carbocycles. The Hall–Kier alpha value is -4.84. The number of carbonyl (C=O) groups excluding carboxylic acids is 4. The molecule has 36 heavy (non-hydrogen) atoms. The van der Waals surface area contributed by atoms with Crippen LogP contribution in [0.1, 0.15) is 60.2 Å². The van der Waals surface area contributed by atoms with Gasteiger partial charge in [-0.2, -0.15) is 0 Å². The number of benzene rings is 4. The molecule has 0 unspecified atom stereocenters. The Bertz CT molecular complexity index is 1480. The highest BCUT2D eigenvalue weighted by molar-refractivity contribution is 6.28. The molecule has 0 heterocycles. The van der Waals surface area contributed by atoms with Crippen LogP contribution in [0.2, 0.25) is 0 Å². The number of ketones is 3. The van der Waals surface area contributed by atoms with E-state index < -0.39 is 12.1 Å². The third-order valence-corrected chi connectivity index (χ3v) is 6.08. The number of amides is 1. The van der Waals surface area contributed by atoms with Gasteiger partial charge in [0.2, 0.25) is 0 Å². The summed E-state index contributed by atoms with van der Waals surface area (Å²) in [6.45, 7) is 0. The van der Waals surface area contributed by atoms with Crippen LogP contribution in [-0.2, 0) is 0 Å². The maximum absolute atomic E-state index is 13.3. The van der Waals surface area contributed by atoms with E-state index in [4.69, 9.17) is 4.74 Å². The highest BCUT2D eigenvalue weighted by Gasteiger charge is 2.30. The van der Waals surface area contributed by atoms with Crippen LogP contribution in [0.25, 0.3) is 0 Å². The smallest absolute Gasteiger partial charge is 0.410 e. The van der Waals surface area contributed by atoms with Gasteiger partial charge >= 0.3 is 6.09 Å². The first-order chi connectivity index (χ1) is 17.5. The van der Waals surface area contributed by atoms with Crippen LogP contribution in [0.3, 0.4) is 0 Å². The lowest BCUT2D eigenvalue weighted by Crippen LogP contribution is -2.32. The van der Waals surface area contributed by atoms with Gasteiger partial charge in [-0.1, -0.05) is 78.9 Å². The van der Waals surface area contributed by atoms with Crippen molar-refractivity contribution in [2.75, 3.05) is 0 Å². The lowest BCUT2D eigenvalue weighted by molar-refractivity contribution is 0.0964. The predicted octanol–water partition coefficient (Wildman–Crippen LogP) is 5.56. The second-order valence-electron chi connectivity index (χ2n) is 8.40. The van der Waals surface area contributed by atoms with Gasteiger partial charge in [0.15, 0.2) is 17.3 Å². The Morgan fingerprint density at radius 3 is 1.89 bits per heavy atom. The van der Waals surface area contributed by atoms with Crippen LogP contribution < -0.4 is 10.1 Å². The van der Waals surface area contributed by atoms with E-state index in [1.54, 1.807) is 54.6 Å². The van der Waals surface area contributed by atoms with Crippen molar-refractivity contribution >= 4 is 23.4 Å². The van der Waals surface area contributed by atoms with Gasteiger partial charge in [-0.3, -0.25) is 14.4 Å². The van der Waals surface area contributed by atoms with Crippen molar-refractivity contribution in [2.45, 2.75) is 12.5 Å². The number of carbonyl (C=O) groups is 4. The first kappa shape index (κ1) is 22.9. The largest absolute Gasteiger partial charge is 0.413 e. The zero-order valence-corrected chi connectivity index (χ0v) is 19.1. The molecule has 6 nitrogen and oxygen atoms in total. The lowest BCUT2D eigenvalue weighted by atomic mass is 9.83. The fraction of sp³-hybridized carbons (Fsp3) is 0.0667. The van der Waals surface area contributed by atoms with E-state index in [2.05, 4.69) is 5.32 Å². The summed E-state index contributed by atoms with van der Waals surface area (Å²) in [7, 11) is 0. The van der Waals surface area contributed by atoms with Crippen LogP contribution in [0.4, 0.5) is 4.79 Å². The third kappa shape index (κ3) is 4.57. The van der Waals surface area contributed by atoms with Crippen molar-refractivity contribution in [3.63, 3.8) is 0 Å². The van der Waals surface area contributed by atoms with Crippen LogP contribution in [0, 0.1) is 0 Å². The molecule has 1 N–H and O–H groups in total. The van der Waals surface area contributed by atoms with Crippen molar-refractivity contribution < 1.29 is 23.9 Å². The molecule has 0 bridgehead atoms. The zero-order chi connectivity index (χ0) is 25.1. The first-order valence-corrected chi connectivity index (χ1v) is 11.5. The Morgan fingerprint density at radius 1 is 0.667 bits per heavy atom. The second kappa shape index (κ2) is 9.80. The normalized spacial score (nSPS) is 12.8. The monoisotopic (exact) mass is 475 g/mol. The first-order valence-electron chi connectivity index (χ1n) is 11.5. The molecular formula is C30H21NO5. The summed E-state index contributed by atoms with van der Waals surface area (Å²) >= 11 is 0. The van der Waals surface area contributed by atoms with Crippen molar-refractivity contribution in [3.8, 4) is 5.75 Å². The highest BCUT2D eigenvalue weighted by Crippen LogP contribution is 2.29. The Labute approximate surface area is 207 Å². The number of hydrogen-bond acceptors (Lipinski definition) is 5. The molecule has 0 spiro atoms. The molecule has 0 aliphatic heterocycles. The maximum Gasteiger partial charge on any atom is 0.413 e. The van der Waals surface area contributed by atoms with Gasteiger partial charge in [-0.15, -0.1) is 0 Å². The Morgan fingerprint density at radius 2 is 1.22 bits per heavy atom. The van der Waals surface area contributed by atoms with E-state index in [-0.39, 0.29) is 40.5 Å². The minimum absolute atomic E-state index is 0.0641. The van der Waals surface area contributed by atoms with E-state index in [1.165, 1.54) is 12.1 Å². The molecule has 4 aromatic rings. The van der Waals surface area contributed by atoms with E-state index in [0.29, 0.717) is 16.9 Å². The number of fused-ring (bicyclic) bond motifs is 2. The van der Waals surface area contributed by atoms with Crippen LogP contribution in [-0.4, -0.2) is 23.4 Å². The molecule has 5 rings (SSSR count). The van der Waals surface area contributed by atoms with Gasteiger partial charge in [0.1, 0.15) is 5.75 Å². The van der Waals surface area contributed by atoms with Crippen molar-refractivity contribution in [1.82, 2.24) is 5.32 Å². The molecule has 0 saturated heterocycles. The molecule has 6 heteroatoms. The van der Waals surface area contributed by atoms with Gasteiger partial charge in [0.05, 0.1) is 6.04 Å². The van der Waals surface area contributed by atoms with Crippen molar-refractivity contribution in [1.29, 1.82) is 0 Å². The number of Topliss-reactive ketones (excluding diaryl/α,β-unsaturated/α-hetero) is 1. The topological polar surface area (TPSA) is 89.5 Å². The molecule has 0 aromatic heterocycles. The highest BCUT2D eigenvalue weighted by atomic mass is 16.6. The fourth-order valence-electron chi connectivity index (χ4n) is 4.28. The van der Waals surface area contributed by atoms with Gasteiger partial charge in [-0.25, -0.2) is 4.79 Å². The van der Waals surface area contributed by atoms with E-state index in [1.807, 2.05) is 36.4 Å². The summed E-state index contributed by atoms with van der Waals surface area (Å²) in [6, 6.07) is 28.3. The lowest BCUT2D eigenvalue weighted by Gasteiger charge is -2.20. The quantitative estimate of drug-likeness (QED) is 0.325. The number of nitrogens with one attached hydrogen (secondary N) is 1. The number of hydrogen-bond donors (Lipinski definition) is 1. The molecule has 0 radical (unpaired) electrons. The third-order valence-electron chi connectivity index (χ3n) is 6.08. The summed E-state index contributed by atoms with van der Waals surface area (Å²) in [5.41, 5.74) is 2.19. The number of rotatable bonds is 6. The molecule has 1 aliphatic rings. The maximum atomic E-state index is 13.3. The standard InChI is InChI=1S/C30H21NO5/c32-27(20-15-16-24-25(17-20)29(34)23-14-8-7-13-22(23)28(24)33)18-26(19-9-3-1-4-10-19)31-30(35)36-21-11-5-2-6-12-21/h1-17,26H,18H2,(H,31,35)/t26-/m0/s1. The van der Waals surface area contributed by atoms with E-state index in [0.717, 1.165) is 5.56 Å². The Balaban J connectivity index is 1.39. The summed E-state index contributed by atoms with van der Waals surface area (Å²) < 4.78 is 5.34. The van der Waals surface area contributed by atoms with E-state index >= 15 is 0 Å².